The van der Waals surface area contributed by atoms with E-state index in [0.717, 1.165) is 16.9 Å². The maximum atomic E-state index is 11.9. The molecule has 0 bridgehead atoms. The Morgan fingerprint density at radius 3 is 2.45 bits per heavy atom. The SMILES string of the molecule is COC(=O)c1scc(-c2ccc(OC)cc2)c1N=CN(C)C. The third kappa shape index (κ3) is 3.46. The Morgan fingerprint density at radius 1 is 1.23 bits per heavy atom. The van der Waals surface area contributed by atoms with Crippen molar-refractivity contribution in [2.24, 2.45) is 4.99 Å². The molecule has 1 heterocycles. The lowest BCUT2D eigenvalue weighted by Gasteiger charge is -2.06. The molecule has 0 amide bonds. The average Bonchev–Trinajstić information content (AvgIpc) is 2.96. The number of thiophene rings is 1. The van der Waals surface area contributed by atoms with Gasteiger partial charge in [-0.25, -0.2) is 9.79 Å². The molecule has 1 aromatic carbocycles. The van der Waals surface area contributed by atoms with Gasteiger partial charge in [-0.3, -0.25) is 0 Å². The minimum Gasteiger partial charge on any atom is -0.497 e. The first-order valence-electron chi connectivity index (χ1n) is 6.61. The molecule has 0 saturated heterocycles. The van der Waals surface area contributed by atoms with Crippen LogP contribution in [0.1, 0.15) is 9.67 Å². The van der Waals surface area contributed by atoms with Gasteiger partial charge < -0.3 is 14.4 Å². The van der Waals surface area contributed by atoms with Gasteiger partial charge in [0.25, 0.3) is 0 Å². The molecule has 0 unspecified atom stereocenters. The van der Waals surface area contributed by atoms with Crippen LogP contribution in [0.15, 0.2) is 34.6 Å². The zero-order valence-electron chi connectivity index (χ0n) is 13.0. The summed E-state index contributed by atoms with van der Waals surface area (Å²) < 4.78 is 10.0. The normalized spacial score (nSPS) is 10.7. The molecule has 116 valence electrons. The molecule has 22 heavy (non-hydrogen) atoms. The van der Waals surface area contributed by atoms with Crippen molar-refractivity contribution in [2.45, 2.75) is 0 Å². The lowest BCUT2D eigenvalue weighted by molar-refractivity contribution is 0.0607. The second-order valence-corrected chi connectivity index (χ2v) is 5.64. The summed E-state index contributed by atoms with van der Waals surface area (Å²) in [7, 11) is 6.75. The van der Waals surface area contributed by atoms with Crippen LogP contribution in [-0.4, -0.2) is 45.5 Å². The van der Waals surface area contributed by atoms with Crippen molar-refractivity contribution in [2.75, 3.05) is 28.3 Å². The Kier molecular flexibility index (Phi) is 5.16. The van der Waals surface area contributed by atoms with E-state index in [4.69, 9.17) is 9.47 Å². The fraction of sp³-hybridized carbons (Fsp3) is 0.250. The average molecular weight is 318 g/mol. The van der Waals surface area contributed by atoms with Gasteiger partial charge in [-0.1, -0.05) is 12.1 Å². The van der Waals surface area contributed by atoms with E-state index in [1.807, 2.05) is 48.6 Å². The van der Waals surface area contributed by atoms with E-state index >= 15 is 0 Å². The summed E-state index contributed by atoms with van der Waals surface area (Å²) in [5, 5.41) is 1.91. The maximum Gasteiger partial charge on any atom is 0.350 e. The summed E-state index contributed by atoms with van der Waals surface area (Å²) in [5.74, 6) is 0.404. The summed E-state index contributed by atoms with van der Waals surface area (Å²) in [6, 6.07) is 7.64. The lowest BCUT2D eigenvalue weighted by Crippen LogP contribution is -2.07. The number of hydrogen-bond acceptors (Lipinski definition) is 5. The smallest absolute Gasteiger partial charge is 0.350 e. The standard InChI is InChI=1S/C16H18N2O3S/c1-18(2)10-17-14-13(9-22-15(14)16(19)21-4)11-5-7-12(20-3)8-6-11/h5-10H,1-4H3. The Bertz CT molecular complexity index is 675. The molecule has 0 atom stereocenters. The molecule has 1 aromatic heterocycles. The maximum absolute atomic E-state index is 11.9. The van der Waals surface area contributed by atoms with E-state index in [1.165, 1.54) is 18.4 Å². The fourth-order valence-corrected chi connectivity index (χ4v) is 2.80. The molecule has 2 aromatic rings. The van der Waals surface area contributed by atoms with Gasteiger partial charge in [-0.15, -0.1) is 11.3 Å². The lowest BCUT2D eigenvalue weighted by atomic mass is 10.1. The first-order valence-corrected chi connectivity index (χ1v) is 7.49. The first kappa shape index (κ1) is 16.0. The largest absolute Gasteiger partial charge is 0.497 e. The third-order valence-corrected chi connectivity index (χ3v) is 3.90. The summed E-state index contributed by atoms with van der Waals surface area (Å²) in [5.41, 5.74) is 2.49. The van der Waals surface area contributed by atoms with E-state index < -0.39 is 0 Å². The molecule has 0 spiro atoms. The van der Waals surface area contributed by atoms with Gasteiger partial charge in [0.1, 0.15) is 10.6 Å². The molecule has 0 fully saturated rings. The number of methoxy groups -OCH3 is 2. The van der Waals surface area contributed by atoms with Gasteiger partial charge in [0.15, 0.2) is 0 Å². The topological polar surface area (TPSA) is 51.1 Å². The molecular weight excluding hydrogens is 300 g/mol. The fourth-order valence-electron chi connectivity index (χ4n) is 1.87. The molecule has 0 aliphatic heterocycles. The van der Waals surface area contributed by atoms with Crippen LogP contribution >= 0.6 is 11.3 Å². The Hall–Kier alpha value is -2.34. The highest BCUT2D eigenvalue weighted by molar-refractivity contribution is 7.13. The van der Waals surface area contributed by atoms with Gasteiger partial charge in [-0.2, -0.15) is 0 Å². The number of benzene rings is 1. The number of ether oxygens (including phenoxy) is 2. The van der Waals surface area contributed by atoms with E-state index in [9.17, 15) is 4.79 Å². The van der Waals surface area contributed by atoms with Crippen LogP contribution in [0.4, 0.5) is 5.69 Å². The van der Waals surface area contributed by atoms with Gasteiger partial charge in [0, 0.05) is 25.0 Å². The summed E-state index contributed by atoms with van der Waals surface area (Å²) >= 11 is 1.33. The molecule has 0 aliphatic rings. The summed E-state index contributed by atoms with van der Waals surface area (Å²) in [4.78, 5) is 18.6. The van der Waals surface area contributed by atoms with Crippen molar-refractivity contribution >= 4 is 29.3 Å². The van der Waals surface area contributed by atoms with Crippen LogP contribution in [0.3, 0.4) is 0 Å². The summed E-state index contributed by atoms with van der Waals surface area (Å²) in [6.07, 6.45) is 1.67. The zero-order valence-corrected chi connectivity index (χ0v) is 13.8. The van der Waals surface area contributed by atoms with Crippen molar-refractivity contribution in [1.29, 1.82) is 0 Å². The number of nitrogens with zero attached hydrogens (tertiary/aromatic N) is 2. The van der Waals surface area contributed by atoms with Crippen LogP contribution in [0, 0.1) is 0 Å². The minimum absolute atomic E-state index is 0.379. The monoisotopic (exact) mass is 318 g/mol. The van der Waals surface area contributed by atoms with Crippen molar-refractivity contribution in [3.05, 3.63) is 34.5 Å². The van der Waals surface area contributed by atoms with Gasteiger partial charge in [0.2, 0.25) is 0 Å². The molecule has 6 heteroatoms. The second-order valence-electron chi connectivity index (χ2n) is 4.76. The van der Waals surface area contributed by atoms with Gasteiger partial charge in [-0.05, 0) is 17.7 Å². The quantitative estimate of drug-likeness (QED) is 0.481. The number of aliphatic imine (C=N–C) groups is 1. The number of carbonyl (C=O) groups excluding carboxylic acids is 1. The molecule has 0 aliphatic carbocycles. The molecule has 0 radical (unpaired) electrons. The van der Waals surface area contributed by atoms with E-state index in [1.54, 1.807) is 13.4 Å². The molecule has 0 saturated carbocycles. The van der Waals surface area contributed by atoms with Crippen LogP contribution < -0.4 is 4.74 Å². The van der Waals surface area contributed by atoms with Gasteiger partial charge in [0.05, 0.1) is 26.2 Å². The molecule has 2 rings (SSSR count). The van der Waals surface area contributed by atoms with Crippen molar-refractivity contribution in [3.63, 3.8) is 0 Å². The Balaban J connectivity index is 2.49. The minimum atomic E-state index is -0.379. The van der Waals surface area contributed by atoms with Crippen molar-refractivity contribution in [1.82, 2.24) is 4.90 Å². The number of esters is 1. The number of hydrogen-bond donors (Lipinski definition) is 0. The predicted molar refractivity (Wildman–Crippen MR) is 89.5 cm³/mol. The third-order valence-electron chi connectivity index (χ3n) is 2.95. The van der Waals surface area contributed by atoms with Crippen LogP contribution in [0.25, 0.3) is 11.1 Å². The number of rotatable bonds is 5. The van der Waals surface area contributed by atoms with E-state index in [0.29, 0.717) is 10.6 Å². The first-order chi connectivity index (χ1) is 10.6. The predicted octanol–water partition coefficient (Wildman–Crippen LogP) is 3.43. The van der Waals surface area contributed by atoms with Crippen LogP contribution in [0.2, 0.25) is 0 Å². The van der Waals surface area contributed by atoms with Crippen molar-refractivity contribution in [3.8, 4) is 16.9 Å². The highest BCUT2D eigenvalue weighted by Crippen LogP contribution is 2.39. The van der Waals surface area contributed by atoms with Gasteiger partial charge >= 0.3 is 5.97 Å². The molecule has 5 nitrogen and oxygen atoms in total. The number of carbonyl (C=O) groups is 1. The molecular formula is C16H18N2O3S. The summed E-state index contributed by atoms with van der Waals surface area (Å²) in [6.45, 7) is 0. The van der Waals surface area contributed by atoms with Crippen LogP contribution in [0.5, 0.6) is 5.75 Å². The zero-order chi connectivity index (χ0) is 16.1. The van der Waals surface area contributed by atoms with Crippen LogP contribution in [-0.2, 0) is 4.74 Å². The second kappa shape index (κ2) is 7.09. The Morgan fingerprint density at radius 2 is 1.91 bits per heavy atom. The van der Waals surface area contributed by atoms with E-state index in [2.05, 4.69) is 4.99 Å². The van der Waals surface area contributed by atoms with E-state index in [-0.39, 0.29) is 5.97 Å². The van der Waals surface area contributed by atoms with Crippen molar-refractivity contribution < 1.29 is 14.3 Å². The highest BCUT2D eigenvalue weighted by Gasteiger charge is 2.19. The highest BCUT2D eigenvalue weighted by atomic mass is 32.1. The molecule has 0 N–H and O–H groups in total. The Labute approximate surface area is 133 Å².